The molecule has 2 N–H and O–H groups in total. The summed E-state index contributed by atoms with van der Waals surface area (Å²) in [5, 5.41) is 6.16. The molecule has 1 saturated carbocycles. The van der Waals surface area contributed by atoms with Gasteiger partial charge in [-0.15, -0.1) is 0 Å². The van der Waals surface area contributed by atoms with Crippen molar-refractivity contribution in [1.82, 2.24) is 10.3 Å². The SMILES string of the molecule is CCNc1ccc(C(=O)NCCC2CCCC(C)C2)nc1. The summed E-state index contributed by atoms with van der Waals surface area (Å²) in [6.45, 7) is 5.98. The van der Waals surface area contributed by atoms with Crippen LogP contribution in [0.5, 0.6) is 0 Å². The number of hydrogen-bond donors (Lipinski definition) is 2. The highest BCUT2D eigenvalue weighted by atomic mass is 16.1. The molecule has 2 rings (SSSR count). The molecular weight excluding hydrogens is 262 g/mol. The Labute approximate surface area is 127 Å². The Bertz CT molecular complexity index is 444. The summed E-state index contributed by atoms with van der Waals surface area (Å²) in [6, 6.07) is 3.67. The predicted molar refractivity (Wildman–Crippen MR) is 86.5 cm³/mol. The monoisotopic (exact) mass is 289 g/mol. The molecule has 4 nitrogen and oxygen atoms in total. The lowest BCUT2D eigenvalue weighted by molar-refractivity contribution is 0.0944. The number of nitrogens with zero attached hydrogens (tertiary/aromatic N) is 1. The second-order valence-corrected chi connectivity index (χ2v) is 6.14. The van der Waals surface area contributed by atoms with Gasteiger partial charge in [0.15, 0.2) is 0 Å². The van der Waals surface area contributed by atoms with Crippen LogP contribution in [0.2, 0.25) is 0 Å². The minimum absolute atomic E-state index is 0.0677. The molecule has 0 bridgehead atoms. The van der Waals surface area contributed by atoms with E-state index < -0.39 is 0 Å². The quantitative estimate of drug-likeness (QED) is 0.843. The summed E-state index contributed by atoms with van der Waals surface area (Å²) in [5.74, 6) is 1.56. The molecule has 1 aromatic heterocycles. The Morgan fingerprint density at radius 1 is 1.38 bits per heavy atom. The van der Waals surface area contributed by atoms with Gasteiger partial charge >= 0.3 is 0 Å². The number of amides is 1. The van der Waals surface area contributed by atoms with Crippen molar-refractivity contribution in [2.45, 2.75) is 46.0 Å². The van der Waals surface area contributed by atoms with Crippen LogP contribution in [0.4, 0.5) is 5.69 Å². The maximum absolute atomic E-state index is 12.0. The lowest BCUT2D eigenvalue weighted by Gasteiger charge is -2.26. The number of anilines is 1. The van der Waals surface area contributed by atoms with Crippen molar-refractivity contribution in [3.05, 3.63) is 24.0 Å². The van der Waals surface area contributed by atoms with E-state index in [1.165, 1.54) is 25.7 Å². The Balaban J connectivity index is 1.73. The summed E-state index contributed by atoms with van der Waals surface area (Å²) in [7, 11) is 0. The smallest absolute Gasteiger partial charge is 0.269 e. The lowest BCUT2D eigenvalue weighted by atomic mass is 9.81. The molecule has 0 radical (unpaired) electrons. The average molecular weight is 289 g/mol. The minimum Gasteiger partial charge on any atom is -0.384 e. The number of carbonyl (C=O) groups excluding carboxylic acids is 1. The molecular formula is C17H27N3O. The van der Waals surface area contributed by atoms with Crippen molar-refractivity contribution in [1.29, 1.82) is 0 Å². The van der Waals surface area contributed by atoms with E-state index in [4.69, 9.17) is 0 Å². The summed E-state index contributed by atoms with van der Waals surface area (Å²) >= 11 is 0. The molecule has 1 aromatic rings. The normalized spacial score (nSPS) is 21.8. The van der Waals surface area contributed by atoms with Crippen molar-refractivity contribution in [2.24, 2.45) is 11.8 Å². The fraction of sp³-hybridized carbons (Fsp3) is 0.647. The van der Waals surface area contributed by atoms with Crippen LogP contribution < -0.4 is 10.6 Å². The first-order valence-electron chi connectivity index (χ1n) is 8.17. The van der Waals surface area contributed by atoms with Gasteiger partial charge in [0.1, 0.15) is 5.69 Å². The number of hydrogen-bond acceptors (Lipinski definition) is 3. The van der Waals surface area contributed by atoms with E-state index in [0.717, 1.165) is 37.0 Å². The largest absolute Gasteiger partial charge is 0.384 e. The lowest BCUT2D eigenvalue weighted by Crippen LogP contribution is -2.27. The van der Waals surface area contributed by atoms with E-state index in [9.17, 15) is 4.79 Å². The molecule has 0 spiro atoms. The van der Waals surface area contributed by atoms with Gasteiger partial charge in [-0.2, -0.15) is 0 Å². The van der Waals surface area contributed by atoms with Gasteiger partial charge in [-0.25, -0.2) is 4.98 Å². The van der Waals surface area contributed by atoms with E-state index in [2.05, 4.69) is 22.5 Å². The third-order valence-corrected chi connectivity index (χ3v) is 4.26. The minimum atomic E-state index is -0.0677. The Kier molecular flexibility index (Phi) is 6.03. The standard InChI is InChI=1S/C17H27N3O/c1-3-18-15-7-8-16(20-12-15)17(21)19-10-9-14-6-4-5-13(2)11-14/h7-8,12-14,18H,3-6,9-11H2,1-2H3,(H,19,21). The van der Waals surface area contributed by atoms with Crippen LogP contribution in [-0.4, -0.2) is 24.0 Å². The van der Waals surface area contributed by atoms with Crippen molar-refractivity contribution in [2.75, 3.05) is 18.4 Å². The summed E-state index contributed by atoms with van der Waals surface area (Å²) < 4.78 is 0. The fourth-order valence-corrected chi connectivity index (χ4v) is 3.14. The third kappa shape index (κ3) is 5.03. The first-order chi connectivity index (χ1) is 10.2. The molecule has 1 aliphatic carbocycles. The maximum atomic E-state index is 12.0. The number of rotatable bonds is 6. The van der Waals surface area contributed by atoms with E-state index in [0.29, 0.717) is 5.69 Å². The van der Waals surface area contributed by atoms with E-state index in [1.54, 1.807) is 12.3 Å². The third-order valence-electron chi connectivity index (χ3n) is 4.26. The zero-order chi connectivity index (χ0) is 15.1. The average Bonchev–Trinajstić information content (AvgIpc) is 2.48. The van der Waals surface area contributed by atoms with E-state index in [-0.39, 0.29) is 5.91 Å². The van der Waals surface area contributed by atoms with Gasteiger partial charge in [-0.3, -0.25) is 4.79 Å². The van der Waals surface area contributed by atoms with Crippen LogP contribution in [0.1, 0.15) is 56.4 Å². The van der Waals surface area contributed by atoms with Gasteiger partial charge in [0.05, 0.1) is 11.9 Å². The van der Waals surface area contributed by atoms with E-state index >= 15 is 0 Å². The van der Waals surface area contributed by atoms with Crippen LogP contribution in [0.3, 0.4) is 0 Å². The molecule has 2 unspecified atom stereocenters. The van der Waals surface area contributed by atoms with Gasteiger partial charge in [0.25, 0.3) is 5.91 Å². The first-order valence-corrected chi connectivity index (χ1v) is 8.17. The number of aromatic nitrogens is 1. The summed E-state index contributed by atoms with van der Waals surface area (Å²) in [5.41, 5.74) is 1.44. The molecule has 0 saturated heterocycles. The molecule has 21 heavy (non-hydrogen) atoms. The van der Waals surface area contributed by atoms with Gasteiger partial charge in [-0.1, -0.05) is 26.2 Å². The number of pyridine rings is 1. The molecule has 4 heteroatoms. The zero-order valence-electron chi connectivity index (χ0n) is 13.2. The molecule has 1 amide bonds. The summed E-state index contributed by atoms with van der Waals surface area (Å²) in [4.78, 5) is 16.2. The first kappa shape index (κ1) is 15.8. The highest BCUT2D eigenvalue weighted by Gasteiger charge is 2.18. The van der Waals surface area contributed by atoms with Crippen molar-refractivity contribution in [3.63, 3.8) is 0 Å². The Morgan fingerprint density at radius 2 is 2.24 bits per heavy atom. The second kappa shape index (κ2) is 8.01. The number of carbonyl (C=O) groups is 1. The Morgan fingerprint density at radius 3 is 2.90 bits per heavy atom. The van der Waals surface area contributed by atoms with Crippen molar-refractivity contribution < 1.29 is 4.79 Å². The van der Waals surface area contributed by atoms with Crippen LogP contribution in [0.15, 0.2) is 18.3 Å². The van der Waals surface area contributed by atoms with Gasteiger partial charge in [0, 0.05) is 13.1 Å². The zero-order valence-corrected chi connectivity index (χ0v) is 13.2. The van der Waals surface area contributed by atoms with Crippen molar-refractivity contribution in [3.8, 4) is 0 Å². The topological polar surface area (TPSA) is 54.0 Å². The highest BCUT2D eigenvalue weighted by molar-refractivity contribution is 5.92. The van der Waals surface area contributed by atoms with Gasteiger partial charge < -0.3 is 10.6 Å². The number of nitrogens with one attached hydrogen (secondary N) is 2. The summed E-state index contributed by atoms with van der Waals surface area (Å²) in [6.07, 6.45) is 8.13. The van der Waals surface area contributed by atoms with Gasteiger partial charge in [-0.05, 0) is 43.7 Å². The molecule has 116 valence electrons. The Hall–Kier alpha value is -1.58. The van der Waals surface area contributed by atoms with Gasteiger partial charge in [0.2, 0.25) is 0 Å². The van der Waals surface area contributed by atoms with Crippen LogP contribution in [0.25, 0.3) is 0 Å². The second-order valence-electron chi connectivity index (χ2n) is 6.14. The van der Waals surface area contributed by atoms with Crippen LogP contribution in [-0.2, 0) is 0 Å². The van der Waals surface area contributed by atoms with Crippen molar-refractivity contribution >= 4 is 11.6 Å². The highest BCUT2D eigenvalue weighted by Crippen LogP contribution is 2.30. The molecule has 0 aliphatic heterocycles. The molecule has 1 fully saturated rings. The fourth-order valence-electron chi connectivity index (χ4n) is 3.14. The predicted octanol–water partition coefficient (Wildman–Crippen LogP) is 3.46. The van der Waals surface area contributed by atoms with E-state index in [1.807, 2.05) is 13.0 Å². The maximum Gasteiger partial charge on any atom is 0.269 e. The van der Waals surface area contributed by atoms with Crippen LogP contribution >= 0.6 is 0 Å². The molecule has 1 heterocycles. The molecule has 0 aromatic carbocycles. The molecule has 2 atom stereocenters. The van der Waals surface area contributed by atoms with Crippen LogP contribution in [0, 0.1) is 11.8 Å². The molecule has 1 aliphatic rings.